The van der Waals surface area contributed by atoms with E-state index in [9.17, 15) is 18.0 Å². The summed E-state index contributed by atoms with van der Waals surface area (Å²) in [5.41, 5.74) is 1.12. The largest absolute Gasteiger partial charge is 0.406 e. The highest BCUT2D eigenvalue weighted by Crippen LogP contribution is 2.18. The lowest BCUT2D eigenvalue weighted by Gasteiger charge is -2.33. The molecule has 0 aromatic carbocycles. The molecular formula is C18H27F3N6O. The Bertz CT molecular complexity index is 669. The molecule has 0 aliphatic carbocycles. The van der Waals surface area contributed by atoms with Crippen LogP contribution in [0.1, 0.15) is 18.4 Å². The van der Waals surface area contributed by atoms with Gasteiger partial charge in [-0.05, 0) is 31.4 Å². The first-order chi connectivity index (χ1) is 13.2. The Hall–Kier alpha value is -2.52. The van der Waals surface area contributed by atoms with Crippen LogP contribution in [0.3, 0.4) is 0 Å². The molecule has 1 saturated heterocycles. The number of hydrogen-bond donors (Lipinski definition) is 2. The molecule has 1 fully saturated rings. The number of amides is 1. The summed E-state index contributed by atoms with van der Waals surface area (Å²) < 4.78 is 37.1. The normalized spacial score (nSPS) is 16.1. The van der Waals surface area contributed by atoms with Gasteiger partial charge in [-0.3, -0.25) is 9.79 Å². The minimum Gasteiger partial charge on any atom is -0.356 e. The quantitative estimate of drug-likeness (QED) is 0.580. The number of rotatable bonds is 5. The monoisotopic (exact) mass is 400 g/mol. The number of aryl methyl sites for hydroxylation is 1. The van der Waals surface area contributed by atoms with Crippen molar-refractivity contribution in [1.29, 1.82) is 0 Å². The maximum absolute atomic E-state index is 12.4. The lowest BCUT2D eigenvalue weighted by atomic mass is 10.1. The molecule has 1 amide bonds. The number of anilines is 1. The standard InChI is InChI=1S/C18H27F3N6O/c1-13-4-5-15(23-10-13)27-8-6-14(7-9-27)25-17(22-2)24-11-16(28)26(3)12-18(19,20)21/h4-5,10,14H,6-9,11-12H2,1-3H3,(H2,22,24,25). The summed E-state index contributed by atoms with van der Waals surface area (Å²) in [4.78, 5) is 23.2. The summed E-state index contributed by atoms with van der Waals surface area (Å²) in [5.74, 6) is 0.700. The Morgan fingerprint density at radius 2 is 2.04 bits per heavy atom. The van der Waals surface area contributed by atoms with E-state index in [4.69, 9.17) is 0 Å². The average molecular weight is 400 g/mol. The van der Waals surface area contributed by atoms with Gasteiger partial charge in [0, 0.05) is 39.4 Å². The van der Waals surface area contributed by atoms with E-state index in [0.717, 1.165) is 44.4 Å². The Kier molecular flexibility index (Phi) is 7.47. The predicted octanol–water partition coefficient (Wildman–Crippen LogP) is 1.54. The second-order valence-corrected chi connectivity index (χ2v) is 6.89. The van der Waals surface area contributed by atoms with Crippen LogP contribution in [0.15, 0.2) is 23.3 Å². The van der Waals surface area contributed by atoms with E-state index < -0.39 is 18.6 Å². The van der Waals surface area contributed by atoms with Gasteiger partial charge in [0.2, 0.25) is 5.91 Å². The van der Waals surface area contributed by atoms with Crippen molar-refractivity contribution < 1.29 is 18.0 Å². The number of pyridine rings is 1. The molecule has 0 atom stereocenters. The molecule has 0 radical (unpaired) electrons. The van der Waals surface area contributed by atoms with Crippen LogP contribution in [0, 0.1) is 6.92 Å². The van der Waals surface area contributed by atoms with Gasteiger partial charge in [0.05, 0.1) is 6.54 Å². The van der Waals surface area contributed by atoms with Crippen molar-refractivity contribution >= 4 is 17.7 Å². The number of nitrogens with zero attached hydrogens (tertiary/aromatic N) is 4. The Morgan fingerprint density at radius 3 is 2.57 bits per heavy atom. The van der Waals surface area contributed by atoms with E-state index >= 15 is 0 Å². The summed E-state index contributed by atoms with van der Waals surface area (Å²) in [5, 5.41) is 6.01. The molecule has 7 nitrogen and oxygen atoms in total. The fourth-order valence-corrected chi connectivity index (χ4v) is 2.94. The third kappa shape index (κ3) is 6.90. The van der Waals surface area contributed by atoms with Gasteiger partial charge >= 0.3 is 6.18 Å². The molecule has 0 spiro atoms. The summed E-state index contributed by atoms with van der Waals surface area (Å²) in [6.07, 6.45) is -0.848. The molecule has 0 unspecified atom stereocenters. The highest BCUT2D eigenvalue weighted by Gasteiger charge is 2.31. The van der Waals surface area contributed by atoms with Gasteiger partial charge in [-0.1, -0.05) is 6.07 Å². The number of carbonyl (C=O) groups is 1. The van der Waals surface area contributed by atoms with E-state index in [1.54, 1.807) is 7.05 Å². The molecule has 0 bridgehead atoms. The predicted molar refractivity (Wildman–Crippen MR) is 102 cm³/mol. The maximum Gasteiger partial charge on any atom is 0.406 e. The zero-order valence-electron chi connectivity index (χ0n) is 16.4. The van der Waals surface area contributed by atoms with E-state index in [-0.39, 0.29) is 12.6 Å². The van der Waals surface area contributed by atoms with Gasteiger partial charge in [0.25, 0.3) is 0 Å². The van der Waals surface area contributed by atoms with E-state index in [2.05, 4.69) is 25.5 Å². The molecule has 2 N–H and O–H groups in total. The van der Waals surface area contributed by atoms with Crippen LogP contribution in [0.5, 0.6) is 0 Å². The van der Waals surface area contributed by atoms with Crippen LogP contribution in [-0.4, -0.2) is 74.2 Å². The van der Waals surface area contributed by atoms with Crippen molar-refractivity contribution in [1.82, 2.24) is 20.5 Å². The summed E-state index contributed by atoms with van der Waals surface area (Å²) in [6.45, 7) is 2.14. The average Bonchev–Trinajstić information content (AvgIpc) is 2.64. The second-order valence-electron chi connectivity index (χ2n) is 6.89. The lowest BCUT2D eigenvalue weighted by Crippen LogP contribution is -2.51. The Labute approximate surface area is 163 Å². The first-order valence-corrected chi connectivity index (χ1v) is 9.13. The smallest absolute Gasteiger partial charge is 0.356 e. The molecule has 1 aromatic heterocycles. The number of hydrogen-bond acceptors (Lipinski definition) is 4. The molecule has 0 saturated carbocycles. The molecule has 28 heavy (non-hydrogen) atoms. The topological polar surface area (TPSA) is 72.9 Å². The first kappa shape index (κ1) is 21.8. The van der Waals surface area contributed by atoms with Crippen molar-refractivity contribution in [3.63, 3.8) is 0 Å². The number of nitrogens with one attached hydrogen (secondary N) is 2. The Morgan fingerprint density at radius 1 is 1.36 bits per heavy atom. The summed E-state index contributed by atoms with van der Waals surface area (Å²) in [6, 6.07) is 4.20. The van der Waals surface area contributed by atoms with E-state index in [0.29, 0.717) is 10.9 Å². The van der Waals surface area contributed by atoms with Crippen LogP contribution in [0.2, 0.25) is 0 Å². The minimum atomic E-state index is -4.41. The molecule has 10 heteroatoms. The first-order valence-electron chi connectivity index (χ1n) is 9.13. The number of halogens is 3. The van der Waals surface area contributed by atoms with Crippen molar-refractivity contribution in [3.05, 3.63) is 23.9 Å². The molecule has 2 heterocycles. The summed E-state index contributed by atoms with van der Waals surface area (Å²) >= 11 is 0. The SMILES string of the molecule is CN=C(NCC(=O)N(C)CC(F)(F)F)NC1CCN(c2ccc(C)cn2)CC1. The number of aliphatic imine (C=N–C) groups is 1. The molecule has 156 valence electrons. The molecule has 1 aromatic rings. The molecular weight excluding hydrogens is 373 g/mol. The van der Waals surface area contributed by atoms with Gasteiger partial charge < -0.3 is 20.4 Å². The zero-order chi connectivity index (χ0) is 20.7. The number of alkyl halides is 3. The third-order valence-electron chi connectivity index (χ3n) is 4.53. The molecule has 1 aliphatic rings. The number of carbonyl (C=O) groups excluding carboxylic acids is 1. The van der Waals surface area contributed by atoms with E-state index in [1.807, 2.05) is 25.3 Å². The lowest BCUT2D eigenvalue weighted by molar-refractivity contribution is -0.157. The maximum atomic E-state index is 12.4. The fourth-order valence-electron chi connectivity index (χ4n) is 2.94. The van der Waals surface area contributed by atoms with Crippen LogP contribution >= 0.6 is 0 Å². The molecule has 1 aliphatic heterocycles. The Balaban J connectivity index is 1.76. The van der Waals surface area contributed by atoms with Crippen LogP contribution < -0.4 is 15.5 Å². The van der Waals surface area contributed by atoms with Crippen molar-refractivity contribution in [2.75, 3.05) is 45.2 Å². The van der Waals surface area contributed by atoms with E-state index in [1.165, 1.54) is 0 Å². The van der Waals surface area contributed by atoms with Gasteiger partial charge in [0.15, 0.2) is 5.96 Å². The zero-order valence-corrected chi connectivity index (χ0v) is 16.4. The highest BCUT2D eigenvalue weighted by atomic mass is 19.4. The number of aromatic nitrogens is 1. The fraction of sp³-hybridized carbons (Fsp3) is 0.611. The second kappa shape index (κ2) is 9.61. The minimum absolute atomic E-state index is 0.163. The third-order valence-corrected chi connectivity index (χ3v) is 4.53. The van der Waals surface area contributed by atoms with Gasteiger partial charge in [0.1, 0.15) is 12.4 Å². The van der Waals surface area contributed by atoms with Crippen LogP contribution in [0.4, 0.5) is 19.0 Å². The number of likely N-dealkylation sites (N-methyl/N-ethyl adjacent to an activating group) is 1. The van der Waals surface area contributed by atoms with Crippen LogP contribution in [0.25, 0.3) is 0 Å². The van der Waals surface area contributed by atoms with Crippen LogP contribution in [-0.2, 0) is 4.79 Å². The van der Waals surface area contributed by atoms with Gasteiger partial charge in [-0.15, -0.1) is 0 Å². The molecule has 2 rings (SSSR count). The summed E-state index contributed by atoms with van der Waals surface area (Å²) in [7, 11) is 2.69. The number of piperidine rings is 1. The van der Waals surface area contributed by atoms with Crippen molar-refractivity contribution in [2.45, 2.75) is 32.0 Å². The van der Waals surface area contributed by atoms with Gasteiger partial charge in [-0.25, -0.2) is 4.98 Å². The van der Waals surface area contributed by atoms with Gasteiger partial charge in [-0.2, -0.15) is 13.2 Å². The number of guanidine groups is 1. The highest BCUT2D eigenvalue weighted by molar-refractivity contribution is 5.86. The van der Waals surface area contributed by atoms with Crippen molar-refractivity contribution in [2.24, 2.45) is 4.99 Å². The van der Waals surface area contributed by atoms with Crippen molar-refractivity contribution in [3.8, 4) is 0 Å².